The van der Waals surface area contributed by atoms with E-state index in [-0.39, 0.29) is 0 Å². The lowest BCUT2D eigenvalue weighted by molar-refractivity contribution is -0.107. The predicted octanol–water partition coefficient (Wildman–Crippen LogP) is 0.510. The Morgan fingerprint density at radius 2 is 2.57 bits per heavy atom. The van der Waals surface area contributed by atoms with Crippen molar-refractivity contribution in [2.24, 2.45) is 0 Å². The molecule has 1 amide bonds. The molecule has 0 atom stereocenters. The molecule has 1 N–H and O–H groups in total. The molecule has 0 aromatic carbocycles. The molecule has 0 unspecified atom stereocenters. The lowest BCUT2D eigenvalue weighted by atomic mass is 11.5. The van der Waals surface area contributed by atoms with Crippen molar-refractivity contribution in [2.45, 2.75) is 0 Å². The van der Waals surface area contributed by atoms with Gasteiger partial charge in [0.2, 0.25) is 6.41 Å². The Morgan fingerprint density at radius 3 is 3.00 bits per heavy atom. The Kier molecular flexibility index (Phi) is 5.39. The quantitative estimate of drug-likeness (QED) is 0.201. The van der Waals surface area contributed by atoms with Crippen molar-refractivity contribution in [1.29, 1.82) is 5.26 Å². The summed E-state index contributed by atoms with van der Waals surface area (Å²) in [6.45, 7) is 0. The van der Waals surface area contributed by atoms with Gasteiger partial charge in [-0.2, -0.15) is 5.26 Å². The number of hydrogen-bond donors (Lipinski definition) is 1. The number of amides is 1. The van der Waals surface area contributed by atoms with Crippen molar-refractivity contribution in [2.75, 3.05) is 0 Å². The van der Waals surface area contributed by atoms with Gasteiger partial charge in [0.05, 0.1) is 0 Å². The molecule has 0 saturated carbocycles. The molecule has 0 aliphatic carbocycles. The lowest BCUT2D eigenvalue weighted by Crippen LogP contribution is -1.92. The molecule has 0 saturated heterocycles. The standard InChI is InChI=1S/C2H2N2OS2/c3-1-6-7-4-2-5/h2H,(H,4,5). The first-order chi connectivity index (χ1) is 3.41. The maximum absolute atomic E-state index is 9.42. The average Bonchev–Trinajstić information content (AvgIpc) is 1.69. The van der Waals surface area contributed by atoms with E-state index in [1.165, 1.54) is 0 Å². The largest absolute Gasteiger partial charge is 0.293 e. The van der Waals surface area contributed by atoms with Crippen LogP contribution in [0.4, 0.5) is 0 Å². The van der Waals surface area contributed by atoms with E-state index >= 15 is 0 Å². The van der Waals surface area contributed by atoms with Gasteiger partial charge in [0, 0.05) is 21.8 Å². The second-order valence-corrected chi connectivity index (χ2v) is 2.25. The highest BCUT2D eigenvalue weighted by atomic mass is 33.1. The fourth-order valence-corrected chi connectivity index (χ4v) is 0.561. The van der Waals surface area contributed by atoms with Crippen LogP contribution in [-0.4, -0.2) is 6.41 Å². The molecule has 0 fully saturated rings. The third-order valence-corrected chi connectivity index (χ3v) is 1.29. The maximum Gasteiger partial charge on any atom is 0.217 e. The van der Waals surface area contributed by atoms with Crippen molar-refractivity contribution >= 4 is 28.2 Å². The third kappa shape index (κ3) is 5.66. The predicted molar refractivity (Wildman–Crippen MR) is 30.0 cm³/mol. The number of carbonyl (C=O) groups is 1. The van der Waals surface area contributed by atoms with Crippen molar-refractivity contribution in [3.8, 4) is 5.40 Å². The molecule has 0 rings (SSSR count). The fourth-order valence-electron chi connectivity index (χ4n) is 0.0623. The molecule has 5 heteroatoms. The molecule has 0 aliphatic rings. The Bertz CT molecular complexity index is 88.2. The maximum atomic E-state index is 9.42. The number of nitrogens with zero attached hydrogens (tertiary/aromatic N) is 1. The molecule has 38 valence electrons. The zero-order chi connectivity index (χ0) is 5.54. The average molecular weight is 134 g/mol. The smallest absolute Gasteiger partial charge is 0.217 e. The van der Waals surface area contributed by atoms with Crippen LogP contribution in [-0.2, 0) is 4.79 Å². The van der Waals surface area contributed by atoms with Crippen LogP contribution in [0.3, 0.4) is 0 Å². The summed E-state index contributed by atoms with van der Waals surface area (Å²) in [7, 11) is 1.90. The van der Waals surface area contributed by atoms with E-state index in [2.05, 4.69) is 4.72 Å². The van der Waals surface area contributed by atoms with Gasteiger partial charge in [-0.15, -0.1) is 0 Å². The summed E-state index contributed by atoms with van der Waals surface area (Å²) in [6, 6.07) is 0. The van der Waals surface area contributed by atoms with E-state index in [9.17, 15) is 4.79 Å². The van der Waals surface area contributed by atoms with Crippen LogP contribution in [0.5, 0.6) is 0 Å². The number of hydrogen-bond acceptors (Lipinski definition) is 4. The first-order valence-electron chi connectivity index (χ1n) is 1.32. The molecule has 7 heavy (non-hydrogen) atoms. The highest BCUT2D eigenvalue weighted by molar-refractivity contribution is 8.77. The van der Waals surface area contributed by atoms with Crippen LogP contribution in [0, 0.1) is 10.7 Å². The highest BCUT2D eigenvalue weighted by Gasteiger charge is 1.77. The van der Waals surface area contributed by atoms with E-state index in [4.69, 9.17) is 5.26 Å². The number of nitrogens with one attached hydrogen (secondary N) is 1. The van der Waals surface area contributed by atoms with Gasteiger partial charge in [0.15, 0.2) is 0 Å². The molecule has 0 spiro atoms. The van der Waals surface area contributed by atoms with E-state index in [1.54, 1.807) is 5.40 Å². The van der Waals surface area contributed by atoms with Gasteiger partial charge in [-0.05, 0) is 0 Å². The van der Waals surface area contributed by atoms with Crippen LogP contribution in [0.15, 0.2) is 0 Å². The molecule has 0 aromatic rings. The van der Waals surface area contributed by atoms with E-state index < -0.39 is 0 Å². The lowest BCUT2D eigenvalue weighted by Gasteiger charge is -1.81. The second-order valence-electron chi connectivity index (χ2n) is 0.494. The van der Waals surface area contributed by atoms with Crippen LogP contribution in [0.1, 0.15) is 0 Å². The van der Waals surface area contributed by atoms with Crippen molar-refractivity contribution in [3.63, 3.8) is 0 Å². The van der Waals surface area contributed by atoms with Crippen LogP contribution < -0.4 is 4.72 Å². The number of carbonyl (C=O) groups excluding carboxylic acids is 1. The Labute approximate surface area is 49.0 Å². The van der Waals surface area contributed by atoms with Crippen molar-refractivity contribution in [3.05, 3.63) is 0 Å². The van der Waals surface area contributed by atoms with E-state index in [1.807, 2.05) is 0 Å². The Hall–Kier alpha value is -0.340. The minimum atomic E-state index is 0.523. The molecule has 0 heterocycles. The fraction of sp³-hybridized carbons (Fsp3) is 0. The van der Waals surface area contributed by atoms with Gasteiger partial charge in [-0.1, -0.05) is 0 Å². The second kappa shape index (κ2) is 5.66. The van der Waals surface area contributed by atoms with Crippen LogP contribution in [0.25, 0.3) is 0 Å². The Balaban J connectivity index is 2.72. The third-order valence-electron chi connectivity index (χ3n) is 0.175. The van der Waals surface area contributed by atoms with Crippen molar-refractivity contribution in [1.82, 2.24) is 4.72 Å². The summed E-state index contributed by atoms with van der Waals surface area (Å²) >= 11 is 0. The number of nitriles is 1. The SMILES string of the molecule is N#CSSNC=O. The van der Waals surface area contributed by atoms with Gasteiger partial charge in [0.1, 0.15) is 5.40 Å². The molecule has 0 radical (unpaired) electrons. The summed E-state index contributed by atoms with van der Waals surface area (Å²) in [5.74, 6) is 0. The minimum absolute atomic E-state index is 0.523. The molecular weight excluding hydrogens is 132 g/mol. The first-order valence-corrected chi connectivity index (χ1v) is 3.47. The first kappa shape index (κ1) is 6.66. The van der Waals surface area contributed by atoms with Gasteiger partial charge < -0.3 is 0 Å². The van der Waals surface area contributed by atoms with Crippen LogP contribution >= 0.6 is 21.8 Å². The van der Waals surface area contributed by atoms with Gasteiger partial charge in [-0.3, -0.25) is 9.52 Å². The summed E-state index contributed by atoms with van der Waals surface area (Å²) in [5.41, 5.74) is 0. The van der Waals surface area contributed by atoms with Gasteiger partial charge in [0.25, 0.3) is 0 Å². The van der Waals surface area contributed by atoms with Gasteiger partial charge in [-0.25, -0.2) is 0 Å². The molecule has 0 bridgehead atoms. The van der Waals surface area contributed by atoms with Gasteiger partial charge >= 0.3 is 0 Å². The van der Waals surface area contributed by atoms with Crippen LogP contribution in [0.2, 0.25) is 0 Å². The normalized spacial score (nSPS) is 6.71. The summed E-state index contributed by atoms with van der Waals surface area (Å²) in [6.07, 6.45) is 0.523. The molecule has 0 aromatic heterocycles. The summed E-state index contributed by atoms with van der Waals surface area (Å²) in [4.78, 5) is 9.42. The highest BCUT2D eigenvalue weighted by Crippen LogP contribution is 2.12. The summed E-state index contributed by atoms with van der Waals surface area (Å²) in [5, 5.41) is 9.59. The van der Waals surface area contributed by atoms with E-state index in [0.717, 1.165) is 21.8 Å². The summed E-state index contributed by atoms with van der Waals surface area (Å²) < 4.78 is 2.23. The molecule has 3 nitrogen and oxygen atoms in total. The number of thiocyanates is 1. The molecule has 0 aliphatic heterocycles. The number of rotatable bonds is 3. The minimum Gasteiger partial charge on any atom is -0.293 e. The topological polar surface area (TPSA) is 52.9 Å². The zero-order valence-corrected chi connectivity index (χ0v) is 4.88. The monoisotopic (exact) mass is 134 g/mol. The zero-order valence-electron chi connectivity index (χ0n) is 3.25. The molecular formula is C2H2N2OS2. The Morgan fingerprint density at radius 1 is 1.86 bits per heavy atom. The van der Waals surface area contributed by atoms with E-state index in [0.29, 0.717) is 6.41 Å². The van der Waals surface area contributed by atoms with Crippen molar-refractivity contribution < 1.29 is 4.79 Å².